The number of ether oxygens (including phenoxy) is 1. The summed E-state index contributed by atoms with van der Waals surface area (Å²) in [6, 6.07) is 3.44. The molecule has 0 aliphatic carbocycles. The molecule has 0 bridgehead atoms. The molecule has 2 fully saturated rings. The highest BCUT2D eigenvalue weighted by Crippen LogP contribution is 2.42. The van der Waals surface area contributed by atoms with E-state index in [4.69, 9.17) is 17.0 Å². The molecule has 11 heteroatoms. The minimum Gasteiger partial charge on any atom is -0.465 e. The Labute approximate surface area is 196 Å². The quantitative estimate of drug-likeness (QED) is 0.507. The van der Waals surface area contributed by atoms with Crippen molar-refractivity contribution in [2.24, 2.45) is 5.41 Å². The Bertz CT molecular complexity index is 1070. The van der Waals surface area contributed by atoms with Crippen molar-refractivity contribution >= 4 is 61.7 Å². The van der Waals surface area contributed by atoms with Crippen LogP contribution in [-0.2, 0) is 14.8 Å². The van der Waals surface area contributed by atoms with Crippen LogP contribution in [0.3, 0.4) is 0 Å². The number of carbonyl (C=O) groups is 1. The number of thiophene rings is 2. The zero-order valence-corrected chi connectivity index (χ0v) is 20.7. The van der Waals surface area contributed by atoms with Crippen molar-refractivity contribution in [2.75, 3.05) is 38.6 Å². The standard InChI is InChI=1S/C20H25N3O4S4/c1-14-12-30-17(18(24)27-2)16(14)21-19(28)22-8-5-20(13-22)6-9-23(10-7-20)31(25,26)15-4-3-11-29-15/h3-4,11-12H,5-10,13H2,1-2H3,(H,21,28). The summed E-state index contributed by atoms with van der Waals surface area (Å²) < 4.78 is 32.5. The molecule has 0 saturated carbocycles. The lowest BCUT2D eigenvalue weighted by molar-refractivity contribution is 0.0607. The second-order valence-electron chi connectivity index (χ2n) is 8.05. The molecule has 2 aliphatic rings. The summed E-state index contributed by atoms with van der Waals surface area (Å²) in [5.41, 5.74) is 1.73. The first-order chi connectivity index (χ1) is 14.8. The van der Waals surface area contributed by atoms with Crippen LogP contribution in [0.1, 0.15) is 34.5 Å². The molecule has 2 saturated heterocycles. The number of likely N-dealkylation sites (tertiary alicyclic amines) is 1. The van der Waals surface area contributed by atoms with E-state index in [1.807, 2.05) is 12.3 Å². The first-order valence-corrected chi connectivity index (χ1v) is 13.6. The zero-order chi connectivity index (χ0) is 22.2. The van der Waals surface area contributed by atoms with Crippen LogP contribution >= 0.6 is 34.9 Å². The molecule has 2 aliphatic heterocycles. The molecule has 31 heavy (non-hydrogen) atoms. The first kappa shape index (κ1) is 22.7. The number of anilines is 1. The number of esters is 1. The number of carbonyl (C=O) groups excluding carboxylic acids is 1. The minimum atomic E-state index is -3.39. The number of rotatable bonds is 4. The Hall–Kier alpha value is -1.53. The maximum atomic E-state index is 12.8. The van der Waals surface area contributed by atoms with E-state index in [2.05, 4.69) is 10.2 Å². The largest absolute Gasteiger partial charge is 0.465 e. The summed E-state index contributed by atoms with van der Waals surface area (Å²) in [6.07, 6.45) is 2.62. The van der Waals surface area contributed by atoms with Crippen molar-refractivity contribution in [2.45, 2.75) is 30.4 Å². The second-order valence-corrected chi connectivity index (χ2v) is 12.4. The number of hydrogen-bond donors (Lipinski definition) is 1. The van der Waals surface area contributed by atoms with Crippen molar-refractivity contribution in [1.29, 1.82) is 0 Å². The highest BCUT2D eigenvalue weighted by atomic mass is 32.2. The molecule has 168 valence electrons. The van der Waals surface area contributed by atoms with Crippen LogP contribution in [0, 0.1) is 12.3 Å². The molecular weight excluding hydrogens is 475 g/mol. The van der Waals surface area contributed by atoms with Gasteiger partial charge in [0.2, 0.25) is 0 Å². The molecule has 1 spiro atoms. The summed E-state index contributed by atoms with van der Waals surface area (Å²) in [7, 11) is -2.02. The SMILES string of the molecule is COC(=O)c1scc(C)c1NC(=S)N1CCC2(CCN(S(=O)(=O)c3cccs3)CC2)C1. The molecule has 0 aromatic carbocycles. The average molecular weight is 500 g/mol. The molecule has 2 aromatic heterocycles. The molecule has 0 radical (unpaired) electrons. The van der Waals surface area contributed by atoms with Gasteiger partial charge in [-0.05, 0) is 66.2 Å². The van der Waals surface area contributed by atoms with Gasteiger partial charge in [-0.25, -0.2) is 13.2 Å². The lowest BCUT2D eigenvalue weighted by atomic mass is 9.78. The lowest BCUT2D eigenvalue weighted by Crippen LogP contribution is -2.44. The highest BCUT2D eigenvalue weighted by molar-refractivity contribution is 7.91. The Kier molecular flexibility index (Phi) is 6.42. The van der Waals surface area contributed by atoms with E-state index >= 15 is 0 Å². The van der Waals surface area contributed by atoms with Gasteiger partial charge in [0.05, 0.1) is 12.8 Å². The molecule has 1 N–H and O–H groups in total. The fourth-order valence-corrected chi connectivity index (χ4v) is 8.05. The second kappa shape index (κ2) is 8.78. The predicted molar refractivity (Wildman–Crippen MR) is 128 cm³/mol. The number of nitrogens with one attached hydrogen (secondary N) is 1. The first-order valence-electron chi connectivity index (χ1n) is 10.0. The Morgan fingerprint density at radius 3 is 2.58 bits per heavy atom. The van der Waals surface area contributed by atoms with E-state index in [0.717, 1.165) is 37.9 Å². The molecule has 7 nitrogen and oxygen atoms in total. The zero-order valence-electron chi connectivity index (χ0n) is 17.4. The fraction of sp³-hybridized carbons (Fsp3) is 0.500. The third kappa shape index (κ3) is 4.38. The number of thiocarbonyl (C=S) groups is 1. The molecule has 4 heterocycles. The summed E-state index contributed by atoms with van der Waals surface area (Å²) in [4.78, 5) is 14.7. The van der Waals surface area contributed by atoms with Gasteiger partial charge in [0.25, 0.3) is 10.0 Å². The number of sulfonamides is 1. The average Bonchev–Trinajstić information content (AvgIpc) is 3.50. The lowest BCUT2D eigenvalue weighted by Gasteiger charge is -2.38. The molecule has 0 unspecified atom stereocenters. The van der Waals surface area contributed by atoms with Crippen LogP contribution in [0.4, 0.5) is 5.69 Å². The smallest absolute Gasteiger partial charge is 0.350 e. The van der Waals surface area contributed by atoms with Gasteiger partial charge in [-0.2, -0.15) is 4.31 Å². The normalized spacial score (nSPS) is 19.0. The molecule has 0 amide bonds. The van der Waals surface area contributed by atoms with Gasteiger partial charge < -0.3 is 15.0 Å². The van der Waals surface area contributed by atoms with Crippen LogP contribution in [0.5, 0.6) is 0 Å². The summed E-state index contributed by atoms with van der Waals surface area (Å²) in [5, 5.41) is 7.55. The van der Waals surface area contributed by atoms with Crippen molar-refractivity contribution in [1.82, 2.24) is 9.21 Å². The molecule has 0 atom stereocenters. The van der Waals surface area contributed by atoms with Gasteiger partial charge in [0.15, 0.2) is 5.11 Å². The van der Waals surface area contributed by atoms with Crippen molar-refractivity contribution in [3.05, 3.63) is 33.3 Å². The van der Waals surface area contributed by atoms with Crippen LogP contribution in [0.2, 0.25) is 0 Å². The topological polar surface area (TPSA) is 79.0 Å². The highest BCUT2D eigenvalue weighted by Gasteiger charge is 2.43. The van der Waals surface area contributed by atoms with Gasteiger partial charge in [0.1, 0.15) is 9.09 Å². The van der Waals surface area contributed by atoms with Gasteiger partial charge in [-0.1, -0.05) is 6.07 Å². The van der Waals surface area contributed by atoms with E-state index in [9.17, 15) is 13.2 Å². The fourth-order valence-electron chi connectivity index (χ4n) is 4.28. The third-order valence-electron chi connectivity index (χ3n) is 6.18. The number of piperidine rings is 1. The molecule has 2 aromatic rings. The number of aryl methyl sites for hydroxylation is 1. The van der Waals surface area contributed by atoms with Gasteiger partial charge in [-0.3, -0.25) is 0 Å². The maximum Gasteiger partial charge on any atom is 0.350 e. The van der Waals surface area contributed by atoms with Gasteiger partial charge >= 0.3 is 5.97 Å². The number of methoxy groups -OCH3 is 1. The van der Waals surface area contributed by atoms with Crippen LogP contribution < -0.4 is 5.32 Å². The van der Waals surface area contributed by atoms with E-state index < -0.39 is 10.0 Å². The van der Waals surface area contributed by atoms with Crippen LogP contribution in [0.15, 0.2) is 27.1 Å². The van der Waals surface area contributed by atoms with Crippen LogP contribution in [0.25, 0.3) is 0 Å². The van der Waals surface area contributed by atoms with Crippen molar-refractivity contribution in [3.63, 3.8) is 0 Å². The van der Waals surface area contributed by atoms with E-state index in [1.54, 1.807) is 21.8 Å². The third-order valence-corrected chi connectivity index (χ3v) is 10.9. The number of hydrogen-bond acceptors (Lipinski definition) is 7. The van der Waals surface area contributed by atoms with Crippen molar-refractivity contribution < 1.29 is 17.9 Å². The molecular formula is C20H25N3O4S4. The van der Waals surface area contributed by atoms with Crippen LogP contribution in [-0.4, -0.2) is 62.0 Å². The monoisotopic (exact) mass is 499 g/mol. The van der Waals surface area contributed by atoms with E-state index in [-0.39, 0.29) is 11.4 Å². The predicted octanol–water partition coefficient (Wildman–Crippen LogP) is 3.78. The molecule has 4 rings (SSSR count). The van der Waals surface area contributed by atoms with Gasteiger partial charge in [-0.15, -0.1) is 22.7 Å². The summed E-state index contributed by atoms with van der Waals surface area (Å²) in [6.45, 7) is 4.61. The minimum absolute atomic E-state index is 0.0715. The Morgan fingerprint density at radius 1 is 1.23 bits per heavy atom. The Morgan fingerprint density at radius 2 is 1.94 bits per heavy atom. The maximum absolute atomic E-state index is 12.8. The van der Waals surface area contributed by atoms with E-state index in [1.165, 1.54) is 29.8 Å². The summed E-state index contributed by atoms with van der Waals surface area (Å²) in [5.74, 6) is -0.374. The Balaban J connectivity index is 1.39. The van der Waals surface area contributed by atoms with Gasteiger partial charge in [0, 0.05) is 26.2 Å². The summed E-state index contributed by atoms with van der Waals surface area (Å²) >= 11 is 8.26. The van der Waals surface area contributed by atoms with E-state index in [0.29, 0.717) is 33.0 Å². The van der Waals surface area contributed by atoms with Crippen molar-refractivity contribution in [3.8, 4) is 0 Å². The number of nitrogens with zero attached hydrogens (tertiary/aromatic N) is 2.